The largest absolute Gasteiger partial charge is 0.481 e. The Balaban J connectivity index is 3.44. The molecule has 0 saturated carbocycles. The van der Waals surface area contributed by atoms with E-state index in [9.17, 15) is 78.0 Å². The van der Waals surface area contributed by atoms with Crippen molar-refractivity contribution < 1.29 is 78.0 Å². The van der Waals surface area contributed by atoms with E-state index in [4.69, 9.17) is 17.2 Å². The predicted molar refractivity (Wildman–Crippen MR) is 266 cm³/mol. The summed E-state index contributed by atoms with van der Waals surface area (Å²) < 4.78 is 0. The molecule has 414 valence electrons. The molecular formula is C46H73N11O16S. The molecule has 0 radical (unpaired) electrons. The zero-order chi connectivity index (χ0) is 56.4. The number of aliphatic hydroxyl groups is 2. The lowest BCUT2D eigenvalue weighted by Crippen LogP contribution is -2.62. The van der Waals surface area contributed by atoms with Gasteiger partial charge in [-0.1, -0.05) is 64.4 Å². The molecule has 0 bridgehead atoms. The molecule has 1 aromatic carbocycles. The molecule has 0 spiro atoms. The van der Waals surface area contributed by atoms with Crippen LogP contribution in [0, 0.1) is 11.8 Å². The molecule has 0 saturated heterocycles. The molecule has 0 aliphatic heterocycles. The minimum absolute atomic E-state index is 0.0211. The number of primary amides is 2. The molecule has 74 heavy (non-hydrogen) atoms. The third-order valence-corrected chi connectivity index (χ3v) is 11.9. The zero-order valence-electron chi connectivity index (χ0n) is 42.2. The number of amides is 10. The molecule has 1 rings (SSSR count). The Hall–Kier alpha value is -6.91. The summed E-state index contributed by atoms with van der Waals surface area (Å²) >= 11 is 1.19. The van der Waals surface area contributed by atoms with Crippen LogP contribution >= 0.6 is 11.8 Å². The van der Waals surface area contributed by atoms with E-state index in [2.05, 4.69) is 42.5 Å². The molecule has 18 N–H and O–H groups in total. The van der Waals surface area contributed by atoms with Crippen LogP contribution < -0.4 is 59.7 Å². The fourth-order valence-electron chi connectivity index (χ4n) is 6.86. The highest BCUT2D eigenvalue weighted by Gasteiger charge is 2.37. The lowest BCUT2D eigenvalue weighted by atomic mass is 9.98. The molecule has 0 aliphatic rings. The Bertz CT molecular complexity index is 2120. The van der Waals surface area contributed by atoms with E-state index in [-0.39, 0.29) is 36.9 Å². The lowest BCUT2D eigenvalue weighted by Gasteiger charge is -2.28. The number of carboxylic acid groups (broad SMARTS) is 2. The van der Waals surface area contributed by atoms with Gasteiger partial charge in [0, 0.05) is 12.8 Å². The Morgan fingerprint density at radius 3 is 1.53 bits per heavy atom. The van der Waals surface area contributed by atoms with Gasteiger partial charge in [-0.2, -0.15) is 11.8 Å². The number of carbonyl (C=O) groups excluding carboxylic acids is 10. The van der Waals surface area contributed by atoms with Gasteiger partial charge in [0.25, 0.3) is 0 Å². The van der Waals surface area contributed by atoms with Crippen LogP contribution in [-0.2, 0) is 64.0 Å². The maximum Gasteiger partial charge on any atom is 0.326 e. The lowest BCUT2D eigenvalue weighted by molar-refractivity contribution is -0.144. The van der Waals surface area contributed by atoms with Crippen LogP contribution in [0.5, 0.6) is 0 Å². The number of rotatable bonds is 35. The van der Waals surface area contributed by atoms with Gasteiger partial charge in [0.05, 0.1) is 31.6 Å². The second-order valence-electron chi connectivity index (χ2n) is 18.0. The summed E-state index contributed by atoms with van der Waals surface area (Å²) in [7, 11) is 0. The third-order valence-electron chi connectivity index (χ3n) is 11.3. The molecule has 0 aromatic heterocycles. The Morgan fingerprint density at radius 1 is 0.581 bits per heavy atom. The van der Waals surface area contributed by atoms with Crippen LogP contribution in [0.15, 0.2) is 30.3 Å². The molecule has 0 aliphatic carbocycles. The minimum atomic E-state index is -1.96. The topological polar surface area (TPSA) is 460 Å². The smallest absolute Gasteiger partial charge is 0.326 e. The van der Waals surface area contributed by atoms with Crippen molar-refractivity contribution in [3.63, 3.8) is 0 Å². The molecule has 0 heterocycles. The van der Waals surface area contributed by atoms with E-state index in [0.717, 1.165) is 6.92 Å². The van der Waals surface area contributed by atoms with Crippen LogP contribution in [0.25, 0.3) is 0 Å². The van der Waals surface area contributed by atoms with Crippen molar-refractivity contribution in [3.05, 3.63) is 35.9 Å². The Kier molecular flexibility index (Phi) is 29.0. The summed E-state index contributed by atoms with van der Waals surface area (Å²) in [5, 5.41) is 58.0. The summed E-state index contributed by atoms with van der Waals surface area (Å²) in [6, 6.07) is -6.16. The van der Waals surface area contributed by atoms with Gasteiger partial charge in [-0.05, 0) is 55.6 Å². The van der Waals surface area contributed by atoms with Crippen LogP contribution in [-0.4, -0.2) is 171 Å². The minimum Gasteiger partial charge on any atom is -0.481 e. The van der Waals surface area contributed by atoms with Crippen molar-refractivity contribution in [1.82, 2.24) is 42.5 Å². The number of hydrogen-bond donors (Lipinski definition) is 15. The number of benzene rings is 1. The van der Waals surface area contributed by atoms with Gasteiger partial charge in [-0.15, -0.1) is 0 Å². The molecule has 27 nitrogen and oxygen atoms in total. The normalized spacial score (nSPS) is 15.5. The number of aliphatic carboxylic acids is 2. The van der Waals surface area contributed by atoms with Gasteiger partial charge < -0.3 is 80.2 Å². The van der Waals surface area contributed by atoms with E-state index in [0.29, 0.717) is 12.0 Å². The van der Waals surface area contributed by atoms with Crippen molar-refractivity contribution in [2.45, 2.75) is 146 Å². The Morgan fingerprint density at radius 2 is 1.04 bits per heavy atom. The first kappa shape index (κ1) is 65.1. The SMILES string of the molecule is CC[C@H](C)[C@H](N)C(=O)N[C@@H](Cc1ccccc1)C(=O)N[C@@H](CCC(N)=O)C(=O)N[C@H](C(=O)N[C@@H](CC(N)=O)C(=O)N[C@@H](CCSC)C(=O)N[C@@H](CC(=O)O)C(=O)N[C@@H](CO)C(=O)N[C@@H](CC(C)C)C(=O)O)[C@@H](C)O. The first-order valence-corrected chi connectivity index (χ1v) is 25.1. The number of carbonyl (C=O) groups is 12. The van der Waals surface area contributed by atoms with Crippen molar-refractivity contribution in [2.75, 3.05) is 18.6 Å². The summed E-state index contributed by atoms with van der Waals surface area (Å²) in [5.41, 5.74) is 17.5. The van der Waals surface area contributed by atoms with E-state index < -0.39 is 164 Å². The summed E-state index contributed by atoms with van der Waals surface area (Å²) in [4.78, 5) is 156. The summed E-state index contributed by atoms with van der Waals surface area (Å²) in [6.07, 6.45) is -2.84. The van der Waals surface area contributed by atoms with Crippen molar-refractivity contribution >= 4 is 82.8 Å². The summed E-state index contributed by atoms with van der Waals surface area (Å²) in [6.45, 7) is 6.93. The van der Waals surface area contributed by atoms with Gasteiger partial charge in [0.15, 0.2) is 0 Å². The quantitative estimate of drug-likeness (QED) is 0.0304. The number of nitrogens with one attached hydrogen (secondary N) is 8. The maximum absolute atomic E-state index is 13.9. The molecule has 28 heteroatoms. The van der Waals surface area contributed by atoms with Gasteiger partial charge in [-0.25, -0.2) is 4.79 Å². The molecular weight excluding hydrogens is 995 g/mol. The van der Waals surface area contributed by atoms with Gasteiger partial charge in [0.2, 0.25) is 59.1 Å². The average Bonchev–Trinajstić information content (AvgIpc) is 3.32. The highest BCUT2D eigenvalue weighted by molar-refractivity contribution is 7.98. The van der Waals surface area contributed by atoms with E-state index in [1.54, 1.807) is 57.4 Å². The predicted octanol–water partition coefficient (Wildman–Crippen LogP) is -4.65. The van der Waals surface area contributed by atoms with Crippen molar-refractivity contribution in [3.8, 4) is 0 Å². The van der Waals surface area contributed by atoms with E-state index >= 15 is 0 Å². The monoisotopic (exact) mass is 1070 g/mol. The Labute approximate surface area is 432 Å². The number of carboxylic acids is 2. The first-order chi connectivity index (χ1) is 34.6. The maximum atomic E-state index is 13.9. The average molecular weight is 1070 g/mol. The molecule has 11 atom stereocenters. The van der Waals surface area contributed by atoms with Crippen LogP contribution in [0.4, 0.5) is 0 Å². The number of hydrogen-bond acceptors (Lipinski definition) is 16. The van der Waals surface area contributed by atoms with Crippen LogP contribution in [0.3, 0.4) is 0 Å². The third kappa shape index (κ3) is 23.8. The zero-order valence-corrected chi connectivity index (χ0v) is 43.0. The van der Waals surface area contributed by atoms with Gasteiger partial charge in [-0.3, -0.25) is 52.7 Å². The molecule has 1 aromatic rings. The van der Waals surface area contributed by atoms with Crippen molar-refractivity contribution in [1.29, 1.82) is 0 Å². The van der Waals surface area contributed by atoms with Crippen molar-refractivity contribution in [2.24, 2.45) is 29.0 Å². The molecule has 0 fully saturated rings. The first-order valence-electron chi connectivity index (χ1n) is 23.7. The van der Waals surface area contributed by atoms with E-state index in [1.165, 1.54) is 11.8 Å². The molecule has 0 unspecified atom stereocenters. The standard InChI is InChI=1S/C46H73N11O16S/c1-7-23(4)36(49)44(70)53-28(18-25-11-9-8-10-12-25)40(66)50-26(13-14-33(47)60)39(65)57-37(24(5)59)45(71)54-29(19-34(48)61)41(67)51-27(15-16-74-6)38(64)52-30(20-35(62)63)42(68)56-32(21-58)43(69)55-31(46(72)73)17-22(2)3/h8-12,22-24,26-32,36-37,58-59H,7,13-21,49H2,1-6H3,(H2,47,60)(H2,48,61)(H,50,66)(H,51,67)(H,52,64)(H,53,70)(H,54,71)(H,55,69)(H,56,68)(H,57,65)(H,62,63)(H,72,73)/t23-,24+,26-,27-,28-,29-,30-,31-,32-,36-,37-/m0/s1. The second-order valence-corrected chi connectivity index (χ2v) is 18.9. The van der Waals surface area contributed by atoms with Crippen LogP contribution in [0.1, 0.15) is 85.1 Å². The number of aliphatic hydroxyl groups excluding tert-OH is 2. The van der Waals surface area contributed by atoms with Crippen LogP contribution in [0.2, 0.25) is 0 Å². The highest BCUT2D eigenvalue weighted by Crippen LogP contribution is 2.11. The second kappa shape index (κ2) is 33.0. The number of thioether (sulfide) groups is 1. The fraction of sp³-hybridized carbons (Fsp3) is 0.609. The number of nitrogens with two attached hydrogens (primary N) is 3. The molecule has 10 amide bonds. The fourth-order valence-corrected chi connectivity index (χ4v) is 7.33. The van der Waals surface area contributed by atoms with Gasteiger partial charge >= 0.3 is 11.9 Å². The summed E-state index contributed by atoms with van der Waals surface area (Å²) in [5.74, 6) is -14.3. The van der Waals surface area contributed by atoms with E-state index in [1.807, 2.05) is 6.92 Å². The highest BCUT2D eigenvalue weighted by atomic mass is 32.2. The van der Waals surface area contributed by atoms with Gasteiger partial charge in [0.1, 0.15) is 48.3 Å².